The van der Waals surface area contributed by atoms with Crippen LogP contribution in [0.25, 0.3) is 11.1 Å². The van der Waals surface area contributed by atoms with Crippen LogP contribution in [0.1, 0.15) is 66.4 Å². The van der Waals surface area contributed by atoms with E-state index in [1.807, 2.05) is 31.2 Å². The Bertz CT molecular complexity index is 1040. The highest BCUT2D eigenvalue weighted by atomic mass is 16.4. The fourth-order valence-corrected chi connectivity index (χ4v) is 4.10. The standard InChI is InChI=1S/C24H28N2O3/c1-17-9-11-18(12-10-17)16-26-21-15-19(13-14-22(21)29-24(26)28)23(27)25-20-7-5-3-2-4-6-8-20/h9-15,20H,2-8,16H2,1H3,(H,25,27). The van der Waals surface area contributed by atoms with Crippen molar-refractivity contribution in [2.45, 2.75) is 64.5 Å². The molecule has 0 saturated heterocycles. The highest BCUT2D eigenvalue weighted by Crippen LogP contribution is 2.20. The van der Waals surface area contributed by atoms with E-state index < -0.39 is 5.76 Å². The van der Waals surface area contributed by atoms with Crippen LogP contribution < -0.4 is 11.1 Å². The summed E-state index contributed by atoms with van der Waals surface area (Å²) in [5.41, 5.74) is 3.92. The molecule has 1 N–H and O–H groups in total. The highest BCUT2D eigenvalue weighted by Gasteiger charge is 2.17. The third-order valence-electron chi connectivity index (χ3n) is 5.83. The van der Waals surface area contributed by atoms with Gasteiger partial charge in [0.1, 0.15) is 0 Å². The van der Waals surface area contributed by atoms with Crippen LogP contribution in [-0.4, -0.2) is 16.5 Å². The Hall–Kier alpha value is -2.82. The van der Waals surface area contributed by atoms with Gasteiger partial charge < -0.3 is 9.73 Å². The van der Waals surface area contributed by atoms with Gasteiger partial charge in [-0.2, -0.15) is 0 Å². The van der Waals surface area contributed by atoms with E-state index in [1.54, 1.807) is 22.8 Å². The maximum atomic E-state index is 12.8. The zero-order chi connectivity index (χ0) is 20.2. The average molecular weight is 392 g/mol. The smallest absolute Gasteiger partial charge is 0.408 e. The van der Waals surface area contributed by atoms with Crippen molar-refractivity contribution in [2.24, 2.45) is 0 Å². The molecule has 0 bridgehead atoms. The van der Waals surface area contributed by atoms with Crippen LogP contribution in [-0.2, 0) is 6.54 Å². The van der Waals surface area contributed by atoms with Crippen LogP contribution >= 0.6 is 0 Å². The molecule has 1 saturated carbocycles. The van der Waals surface area contributed by atoms with Crippen molar-refractivity contribution in [3.8, 4) is 0 Å². The number of carbonyl (C=O) groups excluding carboxylic acids is 1. The lowest BCUT2D eigenvalue weighted by molar-refractivity contribution is 0.0930. The van der Waals surface area contributed by atoms with Gasteiger partial charge in [-0.3, -0.25) is 9.36 Å². The number of nitrogens with one attached hydrogen (secondary N) is 1. The Morgan fingerprint density at radius 1 is 1.03 bits per heavy atom. The fraction of sp³-hybridized carbons (Fsp3) is 0.417. The van der Waals surface area contributed by atoms with Crippen molar-refractivity contribution < 1.29 is 9.21 Å². The number of hydrogen-bond acceptors (Lipinski definition) is 3. The number of oxazole rings is 1. The van der Waals surface area contributed by atoms with E-state index >= 15 is 0 Å². The lowest BCUT2D eigenvalue weighted by Gasteiger charge is -2.21. The van der Waals surface area contributed by atoms with Crippen LogP contribution in [0.4, 0.5) is 0 Å². The minimum atomic E-state index is -0.404. The van der Waals surface area contributed by atoms with Crippen molar-refractivity contribution in [2.75, 3.05) is 0 Å². The molecular weight excluding hydrogens is 364 g/mol. The lowest BCUT2D eigenvalue weighted by atomic mass is 9.96. The van der Waals surface area contributed by atoms with Gasteiger partial charge in [0.25, 0.3) is 5.91 Å². The quantitative estimate of drug-likeness (QED) is 0.694. The van der Waals surface area contributed by atoms with E-state index in [1.165, 1.54) is 37.7 Å². The molecule has 1 aliphatic carbocycles. The van der Waals surface area contributed by atoms with Gasteiger partial charge in [0.15, 0.2) is 5.58 Å². The maximum absolute atomic E-state index is 12.8. The van der Waals surface area contributed by atoms with Gasteiger partial charge in [-0.05, 0) is 43.5 Å². The molecule has 0 atom stereocenters. The molecule has 2 aromatic carbocycles. The van der Waals surface area contributed by atoms with E-state index in [2.05, 4.69) is 5.32 Å². The second-order valence-electron chi connectivity index (χ2n) is 8.14. The number of carbonyl (C=O) groups is 1. The van der Waals surface area contributed by atoms with E-state index in [0.29, 0.717) is 23.2 Å². The van der Waals surface area contributed by atoms with Gasteiger partial charge in [0, 0.05) is 11.6 Å². The van der Waals surface area contributed by atoms with E-state index in [0.717, 1.165) is 18.4 Å². The molecule has 5 heteroatoms. The summed E-state index contributed by atoms with van der Waals surface area (Å²) < 4.78 is 6.98. The molecule has 0 radical (unpaired) electrons. The first-order valence-electron chi connectivity index (χ1n) is 10.6. The summed E-state index contributed by atoms with van der Waals surface area (Å²) in [6.07, 6.45) is 8.22. The number of fused-ring (bicyclic) bond motifs is 1. The van der Waals surface area contributed by atoms with Gasteiger partial charge in [0.2, 0.25) is 0 Å². The zero-order valence-corrected chi connectivity index (χ0v) is 16.9. The normalized spacial score (nSPS) is 15.8. The molecular formula is C24H28N2O3. The Morgan fingerprint density at radius 3 is 2.45 bits per heavy atom. The molecule has 1 heterocycles. The molecule has 5 nitrogen and oxygen atoms in total. The molecule has 3 aromatic rings. The first-order chi connectivity index (χ1) is 14.1. The SMILES string of the molecule is Cc1ccc(Cn2c(=O)oc3ccc(C(=O)NC4CCCCCCC4)cc32)cc1. The second kappa shape index (κ2) is 8.68. The highest BCUT2D eigenvalue weighted by molar-refractivity contribution is 5.97. The molecule has 4 rings (SSSR count). The molecule has 0 spiro atoms. The Labute approximate surface area is 170 Å². The Morgan fingerprint density at radius 2 is 1.72 bits per heavy atom. The van der Waals surface area contributed by atoms with Crippen molar-refractivity contribution >= 4 is 17.0 Å². The fourth-order valence-electron chi connectivity index (χ4n) is 4.10. The van der Waals surface area contributed by atoms with E-state index in [4.69, 9.17) is 4.42 Å². The molecule has 0 unspecified atom stereocenters. The van der Waals surface area contributed by atoms with Crippen LogP contribution in [0.15, 0.2) is 51.7 Å². The van der Waals surface area contributed by atoms with E-state index in [-0.39, 0.29) is 11.9 Å². The zero-order valence-electron chi connectivity index (χ0n) is 16.9. The first kappa shape index (κ1) is 19.5. The third-order valence-corrected chi connectivity index (χ3v) is 5.83. The van der Waals surface area contributed by atoms with Gasteiger partial charge >= 0.3 is 5.76 Å². The number of benzene rings is 2. The summed E-state index contributed by atoms with van der Waals surface area (Å²) in [5.74, 6) is -0.480. The van der Waals surface area contributed by atoms with Crippen molar-refractivity contribution in [3.63, 3.8) is 0 Å². The summed E-state index contributed by atoms with van der Waals surface area (Å²) in [6.45, 7) is 2.45. The molecule has 1 aliphatic rings. The average Bonchev–Trinajstić information content (AvgIpc) is 3.00. The van der Waals surface area contributed by atoms with Gasteiger partial charge in [0.05, 0.1) is 12.1 Å². The molecule has 29 heavy (non-hydrogen) atoms. The molecule has 1 fully saturated rings. The Kier molecular flexibility index (Phi) is 5.84. The topological polar surface area (TPSA) is 64.2 Å². The van der Waals surface area contributed by atoms with Crippen LogP contribution in [0, 0.1) is 6.92 Å². The first-order valence-corrected chi connectivity index (χ1v) is 10.6. The molecule has 1 aromatic heterocycles. The number of amides is 1. The maximum Gasteiger partial charge on any atom is 0.420 e. The third kappa shape index (κ3) is 4.61. The largest absolute Gasteiger partial charge is 0.420 e. The van der Waals surface area contributed by atoms with Gasteiger partial charge in [-0.1, -0.05) is 61.9 Å². The van der Waals surface area contributed by atoms with Crippen LogP contribution in [0.5, 0.6) is 0 Å². The summed E-state index contributed by atoms with van der Waals surface area (Å²) in [6, 6.07) is 13.5. The predicted octanol–water partition coefficient (Wildman–Crippen LogP) is 4.79. The lowest BCUT2D eigenvalue weighted by Crippen LogP contribution is -2.35. The molecule has 0 aliphatic heterocycles. The number of aromatic nitrogens is 1. The summed E-state index contributed by atoms with van der Waals surface area (Å²) >= 11 is 0. The number of aryl methyl sites for hydroxylation is 1. The minimum absolute atomic E-state index is 0.0759. The van der Waals surface area contributed by atoms with Crippen molar-refractivity contribution in [1.82, 2.24) is 9.88 Å². The van der Waals surface area contributed by atoms with Crippen LogP contribution in [0.3, 0.4) is 0 Å². The molecule has 152 valence electrons. The van der Waals surface area contributed by atoms with Gasteiger partial charge in [-0.15, -0.1) is 0 Å². The number of hydrogen-bond donors (Lipinski definition) is 1. The number of rotatable bonds is 4. The van der Waals surface area contributed by atoms with Crippen LogP contribution in [0.2, 0.25) is 0 Å². The summed E-state index contributed by atoms with van der Waals surface area (Å²) in [5, 5.41) is 3.19. The second-order valence-corrected chi connectivity index (χ2v) is 8.14. The van der Waals surface area contributed by atoms with Gasteiger partial charge in [-0.25, -0.2) is 4.79 Å². The van der Waals surface area contributed by atoms with Crippen molar-refractivity contribution in [3.05, 3.63) is 69.7 Å². The monoisotopic (exact) mass is 392 g/mol. The summed E-state index contributed by atoms with van der Waals surface area (Å²) in [4.78, 5) is 25.2. The van der Waals surface area contributed by atoms with E-state index in [9.17, 15) is 9.59 Å². The van der Waals surface area contributed by atoms with Crippen molar-refractivity contribution in [1.29, 1.82) is 0 Å². The summed E-state index contributed by atoms with van der Waals surface area (Å²) in [7, 11) is 0. The predicted molar refractivity (Wildman–Crippen MR) is 114 cm³/mol. The Balaban J connectivity index is 1.56. The molecule has 1 amide bonds. The minimum Gasteiger partial charge on any atom is -0.408 e. The number of nitrogens with zero attached hydrogens (tertiary/aromatic N) is 1.